The number of carbonyl (C=O) groups is 3. The molecule has 6 nitrogen and oxygen atoms in total. The van der Waals surface area contributed by atoms with Crippen LogP contribution in [0.1, 0.15) is 54.6 Å². The highest BCUT2D eigenvalue weighted by Gasteiger charge is 2.77. The Kier molecular flexibility index (Phi) is 6.28. The Morgan fingerprint density at radius 3 is 2.12 bits per heavy atom. The van der Waals surface area contributed by atoms with Crippen molar-refractivity contribution in [3.8, 4) is 0 Å². The van der Waals surface area contributed by atoms with Crippen molar-refractivity contribution in [3.05, 3.63) is 183 Å². The standard InChI is InChI=1S/C41H26ClFN2O4/c42-27-16-14-26(15-17-27)41(49)36(34-32-22-28(43)18-19-33(32)45(39(34)48)23-24-8-2-1-3-9-24)44-21-20-25-10-4-5-11-29(25)35(44)40(41)37(46)30-12-6-7-13-31(30)38(40)47/h1-22,35,49H,23H2/b36-34+. The third-order valence-corrected chi connectivity index (χ3v) is 10.6. The minimum Gasteiger partial charge on any atom is -0.377 e. The molecule has 0 radical (unpaired) electrons. The minimum atomic E-state index is -2.42. The summed E-state index contributed by atoms with van der Waals surface area (Å²) in [4.78, 5) is 48.5. The second-order valence-electron chi connectivity index (χ2n) is 12.7. The molecule has 1 aliphatic carbocycles. The molecule has 0 saturated carbocycles. The van der Waals surface area contributed by atoms with Crippen molar-refractivity contribution in [1.82, 2.24) is 4.90 Å². The molecular weight excluding hydrogens is 639 g/mol. The van der Waals surface area contributed by atoms with Crippen molar-refractivity contribution in [2.75, 3.05) is 4.90 Å². The monoisotopic (exact) mass is 664 g/mol. The molecule has 0 bridgehead atoms. The maximum atomic E-state index is 15.2. The summed E-state index contributed by atoms with van der Waals surface area (Å²) >= 11 is 6.35. The van der Waals surface area contributed by atoms with Crippen molar-refractivity contribution in [2.45, 2.75) is 18.2 Å². The molecule has 4 aliphatic rings. The van der Waals surface area contributed by atoms with Gasteiger partial charge in [0.2, 0.25) is 0 Å². The van der Waals surface area contributed by atoms with E-state index in [1.807, 2.05) is 60.7 Å². The second kappa shape index (κ2) is 10.4. The van der Waals surface area contributed by atoms with Crippen LogP contribution in [0.2, 0.25) is 5.02 Å². The minimum absolute atomic E-state index is 0.00495. The van der Waals surface area contributed by atoms with E-state index in [9.17, 15) is 9.90 Å². The molecule has 5 aromatic carbocycles. The summed E-state index contributed by atoms with van der Waals surface area (Å²) in [7, 11) is 0. The fraction of sp³-hybridized carbons (Fsp3) is 0.0976. The van der Waals surface area contributed by atoms with E-state index < -0.39 is 40.3 Å². The SMILES string of the molecule is O=C1/C(=C2/N3C=Cc4ccccc4C3C3(C(=O)c4ccccc4C3=O)C2(O)c2ccc(Cl)cc2)c2cc(F)ccc2N1Cc1ccccc1. The number of hydrogen-bond donors (Lipinski definition) is 1. The number of fused-ring (bicyclic) bond motifs is 6. The van der Waals surface area contributed by atoms with E-state index in [1.165, 1.54) is 12.1 Å². The highest BCUT2D eigenvalue weighted by Crippen LogP contribution is 2.69. The van der Waals surface area contributed by atoms with Crippen LogP contribution in [0, 0.1) is 11.2 Å². The highest BCUT2D eigenvalue weighted by atomic mass is 35.5. The fourth-order valence-corrected chi connectivity index (χ4v) is 8.46. The Hall–Kier alpha value is -5.63. The maximum absolute atomic E-state index is 15.2. The number of halogens is 2. The molecule has 3 heterocycles. The zero-order valence-electron chi connectivity index (χ0n) is 25.8. The van der Waals surface area contributed by atoms with Crippen LogP contribution in [-0.4, -0.2) is 27.5 Å². The predicted molar refractivity (Wildman–Crippen MR) is 184 cm³/mol. The van der Waals surface area contributed by atoms with Gasteiger partial charge < -0.3 is 14.9 Å². The Morgan fingerprint density at radius 1 is 0.755 bits per heavy atom. The molecule has 49 heavy (non-hydrogen) atoms. The summed E-state index contributed by atoms with van der Waals surface area (Å²) in [6.07, 6.45) is 3.54. The van der Waals surface area contributed by atoms with E-state index in [1.54, 1.807) is 70.6 Å². The number of nitrogens with zero attached hydrogens (tertiary/aromatic N) is 2. The summed E-state index contributed by atoms with van der Waals surface area (Å²) in [6.45, 7) is 0.172. The third kappa shape index (κ3) is 3.77. The van der Waals surface area contributed by atoms with Gasteiger partial charge in [-0.15, -0.1) is 0 Å². The molecule has 1 N–H and O–H groups in total. The van der Waals surface area contributed by atoms with Crippen molar-refractivity contribution >= 4 is 46.4 Å². The third-order valence-electron chi connectivity index (χ3n) is 10.4. The Balaban J connectivity index is 1.42. The number of ketones is 2. The molecule has 8 heteroatoms. The number of benzene rings is 5. The molecule has 5 aromatic rings. The average molecular weight is 665 g/mol. The molecule has 238 valence electrons. The summed E-state index contributed by atoms with van der Waals surface area (Å²) in [6, 6.07) is 32.7. The van der Waals surface area contributed by atoms with Gasteiger partial charge in [0.05, 0.1) is 29.5 Å². The molecule has 1 fully saturated rings. The molecule has 9 rings (SSSR count). The zero-order chi connectivity index (χ0) is 33.7. The van der Waals surface area contributed by atoms with E-state index in [4.69, 9.17) is 11.6 Å². The lowest BCUT2D eigenvalue weighted by Crippen LogP contribution is -2.53. The van der Waals surface area contributed by atoms with Gasteiger partial charge in [-0.2, -0.15) is 0 Å². The van der Waals surface area contributed by atoms with Gasteiger partial charge >= 0.3 is 0 Å². The van der Waals surface area contributed by atoms with Crippen molar-refractivity contribution in [1.29, 1.82) is 0 Å². The van der Waals surface area contributed by atoms with Gasteiger partial charge in [0, 0.05) is 27.9 Å². The van der Waals surface area contributed by atoms with Crippen molar-refractivity contribution in [3.63, 3.8) is 0 Å². The normalized spacial score (nSPS) is 22.8. The number of anilines is 1. The largest absolute Gasteiger partial charge is 0.377 e. The van der Waals surface area contributed by atoms with Crippen molar-refractivity contribution in [2.24, 2.45) is 5.41 Å². The first-order chi connectivity index (χ1) is 23.8. The second-order valence-corrected chi connectivity index (χ2v) is 13.2. The van der Waals surface area contributed by atoms with Crippen LogP contribution < -0.4 is 4.90 Å². The Morgan fingerprint density at radius 2 is 1.41 bits per heavy atom. The molecule has 2 unspecified atom stereocenters. The summed E-state index contributed by atoms with van der Waals surface area (Å²) in [5.74, 6) is -2.20. The molecule has 3 aliphatic heterocycles. The van der Waals surface area contributed by atoms with Gasteiger partial charge in [0.25, 0.3) is 5.91 Å². The smallest absolute Gasteiger partial charge is 0.261 e. The molecule has 0 aromatic heterocycles. The molecule has 1 saturated heterocycles. The van der Waals surface area contributed by atoms with Crippen LogP contribution in [0.5, 0.6) is 0 Å². The van der Waals surface area contributed by atoms with Gasteiger partial charge in [-0.3, -0.25) is 14.4 Å². The van der Waals surface area contributed by atoms with E-state index in [-0.39, 0.29) is 40.1 Å². The number of Topliss-reactive ketones (excluding diaryl/α,β-unsaturated/α-hetero) is 2. The summed E-state index contributed by atoms with van der Waals surface area (Å²) in [5, 5.41) is 14.2. The van der Waals surface area contributed by atoms with Gasteiger partial charge in [-0.25, -0.2) is 4.39 Å². The average Bonchev–Trinajstić information content (AvgIpc) is 3.62. The lowest BCUT2D eigenvalue weighted by molar-refractivity contribution is -0.113. The number of hydrogen-bond acceptors (Lipinski definition) is 5. The van der Waals surface area contributed by atoms with E-state index in [0.29, 0.717) is 16.3 Å². The van der Waals surface area contributed by atoms with Crippen LogP contribution in [0.3, 0.4) is 0 Å². The number of aliphatic hydroxyl groups is 1. The molecule has 2 atom stereocenters. The zero-order valence-corrected chi connectivity index (χ0v) is 26.6. The Bertz CT molecular complexity index is 2300. The van der Waals surface area contributed by atoms with Gasteiger partial charge in [-0.1, -0.05) is 103 Å². The molecular formula is C41H26ClFN2O4. The molecule has 1 spiro atoms. The first-order valence-electron chi connectivity index (χ1n) is 15.9. The van der Waals surface area contributed by atoms with Crippen LogP contribution in [-0.2, 0) is 16.9 Å². The lowest BCUT2D eigenvalue weighted by atomic mass is 9.60. The van der Waals surface area contributed by atoms with Crippen LogP contribution in [0.25, 0.3) is 11.6 Å². The van der Waals surface area contributed by atoms with Crippen LogP contribution >= 0.6 is 11.6 Å². The van der Waals surface area contributed by atoms with Crippen LogP contribution in [0.15, 0.2) is 133 Å². The Labute approximate surface area is 286 Å². The maximum Gasteiger partial charge on any atom is 0.261 e. The first-order valence-corrected chi connectivity index (χ1v) is 16.3. The summed E-state index contributed by atoms with van der Waals surface area (Å²) < 4.78 is 15.2. The van der Waals surface area contributed by atoms with Crippen LogP contribution in [0.4, 0.5) is 10.1 Å². The summed E-state index contributed by atoms with van der Waals surface area (Å²) in [5.41, 5.74) is -1.06. The fourth-order valence-electron chi connectivity index (χ4n) is 8.33. The van der Waals surface area contributed by atoms with E-state index >= 15 is 14.0 Å². The van der Waals surface area contributed by atoms with E-state index in [2.05, 4.69) is 0 Å². The number of carbonyl (C=O) groups excluding carboxylic acids is 3. The quantitative estimate of drug-likeness (QED) is 0.158. The number of amides is 1. The first kappa shape index (κ1) is 29.5. The van der Waals surface area contributed by atoms with Crippen molar-refractivity contribution < 1.29 is 23.9 Å². The van der Waals surface area contributed by atoms with Gasteiger partial charge in [0.1, 0.15) is 5.82 Å². The van der Waals surface area contributed by atoms with Gasteiger partial charge in [0.15, 0.2) is 22.6 Å². The number of rotatable bonds is 3. The lowest BCUT2D eigenvalue weighted by Gasteiger charge is -2.40. The molecule has 1 amide bonds. The van der Waals surface area contributed by atoms with E-state index in [0.717, 1.165) is 11.1 Å². The highest BCUT2D eigenvalue weighted by molar-refractivity contribution is 6.36. The van der Waals surface area contributed by atoms with Gasteiger partial charge in [-0.05, 0) is 58.7 Å². The predicted octanol–water partition coefficient (Wildman–Crippen LogP) is 7.73. The topological polar surface area (TPSA) is 77.9 Å².